The Kier molecular flexibility index (Phi) is 9.22. The lowest BCUT2D eigenvalue weighted by Crippen LogP contribution is -1.98. The molecule has 114 valence electrons. The summed E-state index contributed by atoms with van der Waals surface area (Å²) >= 11 is 0. The van der Waals surface area contributed by atoms with E-state index in [-0.39, 0.29) is 5.41 Å². The Bertz CT molecular complexity index is 491. The van der Waals surface area contributed by atoms with Gasteiger partial charge in [-0.15, -0.1) is 5.92 Å². The Balaban J connectivity index is 0.000000321. The maximum absolute atomic E-state index is 3.03. The molecule has 0 unspecified atom stereocenters. The summed E-state index contributed by atoms with van der Waals surface area (Å²) in [5.41, 5.74) is 0.189. The zero-order valence-corrected chi connectivity index (χ0v) is 14.7. The summed E-state index contributed by atoms with van der Waals surface area (Å²) < 4.78 is 0. The number of benzene rings is 2. The Hall–Kier alpha value is -1.74. The van der Waals surface area contributed by atoms with Gasteiger partial charge in [0.25, 0.3) is 0 Å². The van der Waals surface area contributed by atoms with E-state index in [1.807, 2.05) is 6.92 Å². The van der Waals surface area contributed by atoms with Crippen LogP contribution in [0.3, 0.4) is 0 Å². The molecule has 2 rings (SSSR count). The maximum atomic E-state index is 3.03. The molecule has 0 fully saturated rings. The predicted octanol–water partition coefficient (Wildman–Crippen LogP) is 6.56. The number of hydrogen-bond donors (Lipinski definition) is 0. The summed E-state index contributed by atoms with van der Waals surface area (Å²) in [5, 5.41) is 2.62. The van der Waals surface area contributed by atoms with Gasteiger partial charge < -0.3 is 0 Å². The smallest absolute Gasteiger partial charge is 0.0230 e. The first-order valence-electron chi connectivity index (χ1n) is 7.64. The van der Waals surface area contributed by atoms with E-state index in [1.165, 1.54) is 10.8 Å². The standard InChI is InChI=1S/C10H8.C7H12.C4H10/c1-2-6-10-8-4-3-7-9(10)5-1;1-5-6-7(2,3)4;1-4(2)3/h1-8H;1-4H3;4H,1-3H3. The van der Waals surface area contributed by atoms with Gasteiger partial charge in [0.05, 0.1) is 0 Å². The second kappa shape index (κ2) is 10.1. The highest BCUT2D eigenvalue weighted by molar-refractivity contribution is 5.81. The molecule has 0 spiro atoms. The predicted molar refractivity (Wildman–Crippen MR) is 97.4 cm³/mol. The summed E-state index contributed by atoms with van der Waals surface area (Å²) in [7, 11) is 0. The monoisotopic (exact) mass is 282 g/mol. The summed E-state index contributed by atoms with van der Waals surface area (Å²) in [6.45, 7) is 14.7. The zero-order chi connectivity index (χ0) is 16.3. The highest BCUT2D eigenvalue weighted by Gasteiger charge is 2.01. The second-order valence-corrected chi connectivity index (χ2v) is 6.70. The third kappa shape index (κ3) is 11.8. The van der Waals surface area contributed by atoms with E-state index in [0.717, 1.165) is 5.92 Å². The van der Waals surface area contributed by atoms with Gasteiger partial charge in [-0.3, -0.25) is 0 Å². The van der Waals surface area contributed by atoms with Crippen molar-refractivity contribution in [3.63, 3.8) is 0 Å². The highest BCUT2D eigenvalue weighted by Crippen LogP contribution is 2.11. The number of hydrogen-bond acceptors (Lipinski definition) is 0. The second-order valence-electron chi connectivity index (χ2n) is 6.70. The first-order valence-corrected chi connectivity index (χ1v) is 7.64. The van der Waals surface area contributed by atoms with Crippen molar-refractivity contribution in [3.8, 4) is 11.8 Å². The van der Waals surface area contributed by atoms with E-state index in [2.05, 4.69) is 102 Å². The molecular formula is C21H30. The number of rotatable bonds is 0. The van der Waals surface area contributed by atoms with Crippen LogP contribution in [0.2, 0.25) is 0 Å². The van der Waals surface area contributed by atoms with Crippen molar-refractivity contribution in [2.75, 3.05) is 0 Å². The quantitative estimate of drug-likeness (QED) is 0.480. The minimum absolute atomic E-state index is 0.189. The summed E-state index contributed by atoms with van der Waals surface area (Å²) in [6.07, 6.45) is 0. The molecule has 0 aliphatic rings. The summed E-state index contributed by atoms with van der Waals surface area (Å²) in [6, 6.07) is 16.7. The molecular weight excluding hydrogens is 252 g/mol. The van der Waals surface area contributed by atoms with E-state index < -0.39 is 0 Å². The topological polar surface area (TPSA) is 0 Å². The van der Waals surface area contributed by atoms with Crippen molar-refractivity contribution in [2.45, 2.75) is 48.5 Å². The molecule has 2 aromatic rings. The fourth-order valence-corrected chi connectivity index (χ4v) is 1.51. The normalized spacial score (nSPS) is 9.71. The molecule has 0 bridgehead atoms. The van der Waals surface area contributed by atoms with Crippen LogP contribution in [0.5, 0.6) is 0 Å². The average Bonchev–Trinajstić information content (AvgIpc) is 2.37. The average molecular weight is 282 g/mol. The first-order chi connectivity index (χ1) is 9.76. The van der Waals surface area contributed by atoms with Crippen LogP contribution in [0.4, 0.5) is 0 Å². The van der Waals surface area contributed by atoms with E-state index in [1.54, 1.807) is 0 Å². The third-order valence-electron chi connectivity index (χ3n) is 2.16. The fraction of sp³-hybridized carbons (Fsp3) is 0.429. The van der Waals surface area contributed by atoms with Gasteiger partial charge in [0.1, 0.15) is 0 Å². The molecule has 0 heteroatoms. The van der Waals surface area contributed by atoms with Crippen LogP contribution in [0.25, 0.3) is 10.8 Å². The lowest BCUT2D eigenvalue weighted by atomic mass is 9.98. The van der Waals surface area contributed by atoms with Crippen LogP contribution in [0, 0.1) is 23.2 Å². The lowest BCUT2D eigenvalue weighted by Gasteiger charge is -2.05. The van der Waals surface area contributed by atoms with Gasteiger partial charge >= 0.3 is 0 Å². The molecule has 0 aliphatic heterocycles. The molecule has 0 radical (unpaired) electrons. The van der Waals surface area contributed by atoms with E-state index >= 15 is 0 Å². The molecule has 0 saturated heterocycles. The van der Waals surface area contributed by atoms with Crippen LogP contribution in [-0.4, -0.2) is 0 Å². The molecule has 0 N–H and O–H groups in total. The van der Waals surface area contributed by atoms with Gasteiger partial charge in [0, 0.05) is 5.41 Å². The van der Waals surface area contributed by atoms with Crippen LogP contribution in [0.15, 0.2) is 48.5 Å². The van der Waals surface area contributed by atoms with Gasteiger partial charge in [-0.2, -0.15) is 0 Å². The Morgan fingerprint density at radius 1 is 0.762 bits per heavy atom. The molecule has 0 aliphatic carbocycles. The third-order valence-corrected chi connectivity index (χ3v) is 2.16. The molecule has 2 aromatic carbocycles. The number of fused-ring (bicyclic) bond motifs is 1. The van der Waals surface area contributed by atoms with Crippen molar-refractivity contribution in [3.05, 3.63) is 48.5 Å². The largest absolute Gasteiger partial charge is 0.106 e. The van der Waals surface area contributed by atoms with Gasteiger partial charge in [-0.25, -0.2) is 0 Å². The van der Waals surface area contributed by atoms with Crippen molar-refractivity contribution >= 4 is 10.8 Å². The fourth-order valence-electron chi connectivity index (χ4n) is 1.51. The molecule has 0 atom stereocenters. The van der Waals surface area contributed by atoms with E-state index in [9.17, 15) is 0 Å². The highest BCUT2D eigenvalue weighted by atomic mass is 14.0. The Labute approximate surface area is 131 Å². The molecule has 21 heavy (non-hydrogen) atoms. The van der Waals surface area contributed by atoms with Crippen molar-refractivity contribution in [1.82, 2.24) is 0 Å². The first kappa shape index (κ1) is 19.3. The van der Waals surface area contributed by atoms with Crippen LogP contribution in [0.1, 0.15) is 48.5 Å². The van der Waals surface area contributed by atoms with Gasteiger partial charge in [-0.1, -0.05) is 75.2 Å². The molecule has 0 amide bonds. The van der Waals surface area contributed by atoms with Gasteiger partial charge in [0.2, 0.25) is 0 Å². The molecule has 0 heterocycles. The molecule has 0 nitrogen and oxygen atoms in total. The molecule has 0 saturated carbocycles. The SMILES string of the molecule is CC#CC(C)(C)C.CC(C)C.c1ccc2ccccc2c1. The Morgan fingerprint density at radius 2 is 1.05 bits per heavy atom. The van der Waals surface area contributed by atoms with Crippen molar-refractivity contribution in [1.29, 1.82) is 0 Å². The van der Waals surface area contributed by atoms with Gasteiger partial charge in [-0.05, 0) is 44.4 Å². The van der Waals surface area contributed by atoms with Gasteiger partial charge in [0.15, 0.2) is 0 Å². The van der Waals surface area contributed by atoms with Crippen molar-refractivity contribution < 1.29 is 0 Å². The van der Waals surface area contributed by atoms with Crippen LogP contribution >= 0.6 is 0 Å². The zero-order valence-electron chi connectivity index (χ0n) is 14.7. The molecule has 0 aromatic heterocycles. The minimum Gasteiger partial charge on any atom is -0.106 e. The van der Waals surface area contributed by atoms with Crippen molar-refractivity contribution in [2.24, 2.45) is 11.3 Å². The van der Waals surface area contributed by atoms with Crippen LogP contribution < -0.4 is 0 Å². The van der Waals surface area contributed by atoms with E-state index in [0.29, 0.717) is 0 Å². The lowest BCUT2D eigenvalue weighted by molar-refractivity contribution is 0.571. The summed E-state index contributed by atoms with van der Waals surface area (Å²) in [5.74, 6) is 6.73. The Morgan fingerprint density at radius 3 is 1.19 bits per heavy atom. The van der Waals surface area contributed by atoms with Crippen LogP contribution in [-0.2, 0) is 0 Å². The maximum Gasteiger partial charge on any atom is 0.0230 e. The minimum atomic E-state index is 0.189. The summed E-state index contributed by atoms with van der Waals surface area (Å²) in [4.78, 5) is 0. The van der Waals surface area contributed by atoms with E-state index in [4.69, 9.17) is 0 Å².